The summed E-state index contributed by atoms with van der Waals surface area (Å²) in [5.74, 6) is 0.826. The predicted octanol–water partition coefficient (Wildman–Crippen LogP) is 0.531. The molecule has 1 atom stereocenters. The maximum absolute atomic E-state index is 11.5. The molecule has 0 fully saturated rings. The molecule has 1 unspecified atom stereocenters. The van der Waals surface area contributed by atoms with Crippen molar-refractivity contribution in [2.75, 3.05) is 0 Å². The van der Waals surface area contributed by atoms with Gasteiger partial charge in [-0.15, -0.1) is 6.42 Å². The molecule has 0 aromatic carbocycles. The number of nitrogens with one attached hydrogen (secondary N) is 1. The van der Waals surface area contributed by atoms with E-state index in [-0.39, 0.29) is 11.3 Å². The first-order chi connectivity index (χ1) is 7.54. The van der Waals surface area contributed by atoms with Crippen LogP contribution in [-0.4, -0.2) is 28.0 Å². The van der Waals surface area contributed by atoms with E-state index >= 15 is 0 Å². The molecule has 0 aliphatic rings. The molecule has 0 aliphatic carbocycles. The second kappa shape index (κ2) is 4.94. The molecule has 1 aromatic rings. The van der Waals surface area contributed by atoms with Crippen molar-refractivity contribution in [2.24, 2.45) is 0 Å². The minimum absolute atomic E-state index is 0.0292. The SMILES string of the molecule is C#CC(C)NC(=O)c1ccc(C(=O)O)cn1. The van der Waals surface area contributed by atoms with Crippen LogP contribution in [0.15, 0.2) is 18.3 Å². The lowest BCUT2D eigenvalue weighted by Crippen LogP contribution is -2.31. The summed E-state index contributed by atoms with van der Waals surface area (Å²) in [6.45, 7) is 1.66. The van der Waals surface area contributed by atoms with Gasteiger partial charge in [0.1, 0.15) is 5.69 Å². The lowest BCUT2D eigenvalue weighted by atomic mass is 10.2. The van der Waals surface area contributed by atoms with Crippen molar-refractivity contribution in [3.8, 4) is 12.3 Å². The Morgan fingerprint density at radius 2 is 2.25 bits per heavy atom. The number of rotatable bonds is 3. The minimum atomic E-state index is -1.09. The second-order valence-corrected chi connectivity index (χ2v) is 3.10. The van der Waals surface area contributed by atoms with Crippen LogP contribution in [0.25, 0.3) is 0 Å². The number of hydrogen-bond donors (Lipinski definition) is 2. The fraction of sp³-hybridized carbons (Fsp3) is 0.182. The molecule has 1 aromatic heterocycles. The van der Waals surface area contributed by atoms with Gasteiger partial charge in [-0.1, -0.05) is 5.92 Å². The van der Waals surface area contributed by atoms with Crippen LogP contribution < -0.4 is 5.32 Å². The summed E-state index contributed by atoms with van der Waals surface area (Å²) in [7, 11) is 0. The average molecular weight is 218 g/mol. The molecule has 0 saturated carbocycles. The monoisotopic (exact) mass is 218 g/mol. The summed E-state index contributed by atoms with van der Waals surface area (Å²) in [5.41, 5.74) is 0.161. The van der Waals surface area contributed by atoms with Crippen molar-refractivity contribution in [1.29, 1.82) is 0 Å². The number of carboxylic acids is 1. The summed E-state index contributed by atoms with van der Waals surface area (Å²) in [6.07, 6.45) is 6.22. The molecule has 0 bridgehead atoms. The lowest BCUT2D eigenvalue weighted by Gasteiger charge is -2.06. The van der Waals surface area contributed by atoms with Gasteiger partial charge in [0.25, 0.3) is 5.91 Å². The van der Waals surface area contributed by atoms with Crippen LogP contribution in [0.3, 0.4) is 0 Å². The number of aromatic nitrogens is 1. The summed E-state index contributed by atoms with van der Waals surface area (Å²) in [5, 5.41) is 11.1. The van der Waals surface area contributed by atoms with E-state index in [1.807, 2.05) is 0 Å². The molecule has 82 valence electrons. The summed E-state index contributed by atoms with van der Waals surface area (Å²) >= 11 is 0. The molecule has 0 saturated heterocycles. The van der Waals surface area contributed by atoms with E-state index in [2.05, 4.69) is 16.2 Å². The van der Waals surface area contributed by atoms with Crippen LogP contribution in [0.4, 0.5) is 0 Å². The highest BCUT2D eigenvalue weighted by Gasteiger charge is 2.10. The Kier molecular flexibility index (Phi) is 3.62. The van der Waals surface area contributed by atoms with Crippen molar-refractivity contribution >= 4 is 11.9 Å². The highest BCUT2D eigenvalue weighted by Crippen LogP contribution is 2.00. The van der Waals surface area contributed by atoms with Crippen molar-refractivity contribution in [1.82, 2.24) is 10.3 Å². The predicted molar refractivity (Wildman–Crippen MR) is 57.0 cm³/mol. The Balaban J connectivity index is 2.79. The van der Waals surface area contributed by atoms with Crippen molar-refractivity contribution < 1.29 is 14.7 Å². The molecular formula is C11H10N2O3. The van der Waals surface area contributed by atoms with Crippen LogP contribution in [0.5, 0.6) is 0 Å². The molecule has 0 spiro atoms. The van der Waals surface area contributed by atoms with Gasteiger partial charge < -0.3 is 10.4 Å². The first-order valence-corrected chi connectivity index (χ1v) is 4.51. The third-order valence-electron chi connectivity index (χ3n) is 1.84. The highest BCUT2D eigenvalue weighted by atomic mass is 16.4. The van der Waals surface area contributed by atoms with E-state index < -0.39 is 17.9 Å². The first kappa shape index (κ1) is 11.7. The van der Waals surface area contributed by atoms with E-state index in [1.165, 1.54) is 12.1 Å². The van der Waals surface area contributed by atoms with Gasteiger partial charge in [0, 0.05) is 6.20 Å². The Morgan fingerprint density at radius 3 is 2.69 bits per heavy atom. The van der Waals surface area contributed by atoms with Crippen LogP contribution >= 0.6 is 0 Å². The third-order valence-corrected chi connectivity index (χ3v) is 1.84. The molecule has 0 aliphatic heterocycles. The third kappa shape index (κ3) is 2.82. The van der Waals surface area contributed by atoms with Gasteiger partial charge in [-0.3, -0.25) is 9.78 Å². The van der Waals surface area contributed by atoms with Gasteiger partial charge in [0.2, 0.25) is 0 Å². The number of carbonyl (C=O) groups is 2. The molecule has 1 heterocycles. The van der Waals surface area contributed by atoms with Gasteiger partial charge in [-0.2, -0.15) is 0 Å². The molecule has 16 heavy (non-hydrogen) atoms. The summed E-state index contributed by atoms with van der Waals surface area (Å²) in [6, 6.07) is 2.25. The number of terminal acetylenes is 1. The zero-order chi connectivity index (χ0) is 12.1. The Bertz CT molecular complexity index is 445. The van der Waals surface area contributed by atoms with Crippen LogP contribution in [-0.2, 0) is 0 Å². The zero-order valence-corrected chi connectivity index (χ0v) is 8.60. The molecular weight excluding hydrogens is 208 g/mol. The topological polar surface area (TPSA) is 79.3 Å². The molecule has 1 rings (SSSR count). The number of pyridine rings is 1. The molecule has 5 nitrogen and oxygen atoms in total. The fourth-order valence-corrected chi connectivity index (χ4v) is 0.967. The van der Waals surface area contributed by atoms with Gasteiger partial charge in [0.15, 0.2) is 0 Å². The smallest absolute Gasteiger partial charge is 0.337 e. The Labute approximate surface area is 92.5 Å². The number of carbonyl (C=O) groups excluding carboxylic acids is 1. The lowest BCUT2D eigenvalue weighted by molar-refractivity contribution is 0.0695. The van der Waals surface area contributed by atoms with E-state index in [0.29, 0.717) is 0 Å². The molecule has 0 radical (unpaired) electrons. The zero-order valence-electron chi connectivity index (χ0n) is 8.60. The van der Waals surface area contributed by atoms with Crippen molar-refractivity contribution in [3.63, 3.8) is 0 Å². The molecule has 1 amide bonds. The Hall–Kier alpha value is -2.35. The fourth-order valence-electron chi connectivity index (χ4n) is 0.967. The Morgan fingerprint density at radius 1 is 1.56 bits per heavy atom. The maximum Gasteiger partial charge on any atom is 0.337 e. The number of hydrogen-bond acceptors (Lipinski definition) is 3. The van der Waals surface area contributed by atoms with Crippen LogP contribution in [0, 0.1) is 12.3 Å². The number of aromatic carboxylic acids is 1. The largest absolute Gasteiger partial charge is 0.478 e. The first-order valence-electron chi connectivity index (χ1n) is 4.51. The van der Waals surface area contributed by atoms with Crippen molar-refractivity contribution in [2.45, 2.75) is 13.0 Å². The molecule has 2 N–H and O–H groups in total. The second-order valence-electron chi connectivity index (χ2n) is 3.10. The number of carboxylic acid groups (broad SMARTS) is 1. The number of amides is 1. The minimum Gasteiger partial charge on any atom is -0.478 e. The normalized spacial score (nSPS) is 11.2. The standard InChI is InChI=1S/C11H10N2O3/c1-3-7(2)13-10(14)9-5-4-8(6-12-9)11(15)16/h1,4-7H,2H3,(H,13,14)(H,15,16). The van der Waals surface area contributed by atoms with E-state index in [0.717, 1.165) is 6.20 Å². The van der Waals surface area contributed by atoms with E-state index in [9.17, 15) is 9.59 Å². The maximum atomic E-state index is 11.5. The van der Waals surface area contributed by atoms with Gasteiger partial charge in [0.05, 0.1) is 11.6 Å². The average Bonchev–Trinajstić information content (AvgIpc) is 2.28. The van der Waals surface area contributed by atoms with E-state index in [4.69, 9.17) is 11.5 Å². The van der Waals surface area contributed by atoms with Crippen molar-refractivity contribution in [3.05, 3.63) is 29.6 Å². The van der Waals surface area contributed by atoms with Gasteiger partial charge in [-0.25, -0.2) is 4.79 Å². The summed E-state index contributed by atoms with van der Waals surface area (Å²) in [4.78, 5) is 25.7. The number of nitrogens with zero attached hydrogens (tertiary/aromatic N) is 1. The van der Waals surface area contributed by atoms with E-state index in [1.54, 1.807) is 6.92 Å². The van der Waals surface area contributed by atoms with Gasteiger partial charge >= 0.3 is 5.97 Å². The summed E-state index contributed by atoms with van der Waals surface area (Å²) < 4.78 is 0. The van der Waals surface area contributed by atoms with Gasteiger partial charge in [-0.05, 0) is 19.1 Å². The molecule has 5 heteroatoms. The highest BCUT2D eigenvalue weighted by molar-refractivity contribution is 5.94. The van der Waals surface area contributed by atoms with Crippen LogP contribution in [0.2, 0.25) is 0 Å². The quantitative estimate of drug-likeness (QED) is 0.725. The van der Waals surface area contributed by atoms with Crippen LogP contribution in [0.1, 0.15) is 27.8 Å².